The number of furan rings is 1. The van der Waals surface area contributed by atoms with Crippen molar-refractivity contribution in [3.63, 3.8) is 0 Å². The van der Waals surface area contributed by atoms with E-state index in [2.05, 4.69) is 19.1 Å². The molecule has 35 heavy (non-hydrogen) atoms. The van der Waals surface area contributed by atoms with Crippen molar-refractivity contribution in [2.75, 3.05) is 6.61 Å². The van der Waals surface area contributed by atoms with Crippen LogP contribution in [0, 0.1) is 0 Å². The van der Waals surface area contributed by atoms with Crippen molar-refractivity contribution in [1.82, 2.24) is 0 Å². The number of hydrogen-bond acceptors (Lipinski definition) is 4. The second kappa shape index (κ2) is 10.3. The van der Waals surface area contributed by atoms with Gasteiger partial charge in [-0.15, -0.1) is 0 Å². The number of rotatable bonds is 9. The molecule has 0 spiro atoms. The van der Waals surface area contributed by atoms with Gasteiger partial charge in [0.05, 0.1) is 12.5 Å². The van der Waals surface area contributed by atoms with Gasteiger partial charge in [0.2, 0.25) is 0 Å². The predicted molar refractivity (Wildman–Crippen MR) is 136 cm³/mol. The smallest absolute Gasteiger partial charge is 0.310 e. The third kappa shape index (κ3) is 5.04. The first-order valence-corrected chi connectivity index (χ1v) is 12.4. The molecule has 0 fully saturated rings. The van der Waals surface area contributed by atoms with E-state index in [4.69, 9.17) is 13.9 Å². The number of carboxylic acid groups (broad SMARTS) is 1. The SMILES string of the molecule is CCCc1cc(Oc2ccccc2)ccc1OCCc1cc2c3c(ccc2o1)C(C(=O)O)CCC3. The van der Waals surface area contributed by atoms with Crippen LogP contribution in [0.2, 0.25) is 0 Å². The van der Waals surface area contributed by atoms with Crippen LogP contribution in [0.3, 0.4) is 0 Å². The molecular formula is C30H30O5. The van der Waals surface area contributed by atoms with Gasteiger partial charge < -0.3 is 19.0 Å². The fraction of sp³-hybridized carbons (Fsp3) is 0.300. The van der Waals surface area contributed by atoms with E-state index < -0.39 is 11.9 Å². The summed E-state index contributed by atoms with van der Waals surface area (Å²) in [5, 5.41) is 10.6. The quantitative estimate of drug-likeness (QED) is 0.278. The zero-order chi connectivity index (χ0) is 24.2. The van der Waals surface area contributed by atoms with E-state index >= 15 is 0 Å². The number of aliphatic carboxylic acids is 1. The number of carboxylic acids is 1. The van der Waals surface area contributed by atoms with Crippen LogP contribution in [-0.2, 0) is 24.1 Å². The van der Waals surface area contributed by atoms with Gasteiger partial charge in [0.1, 0.15) is 28.6 Å². The highest BCUT2D eigenvalue weighted by Gasteiger charge is 2.28. The van der Waals surface area contributed by atoms with E-state index in [-0.39, 0.29) is 0 Å². The average Bonchev–Trinajstić information content (AvgIpc) is 3.29. The fourth-order valence-electron chi connectivity index (χ4n) is 4.97. The Kier molecular flexibility index (Phi) is 6.75. The minimum Gasteiger partial charge on any atom is -0.493 e. The number of ether oxygens (including phenoxy) is 2. The molecule has 0 radical (unpaired) electrons. The summed E-state index contributed by atoms with van der Waals surface area (Å²) in [6.07, 6.45) is 5.03. The first-order chi connectivity index (χ1) is 17.1. The first-order valence-electron chi connectivity index (χ1n) is 12.4. The molecule has 4 aromatic rings. The van der Waals surface area contributed by atoms with E-state index in [1.165, 1.54) is 0 Å². The minimum atomic E-state index is -0.745. The van der Waals surface area contributed by atoms with Gasteiger partial charge in [0.15, 0.2) is 0 Å². The molecule has 5 heteroatoms. The maximum atomic E-state index is 11.7. The molecule has 1 heterocycles. The highest BCUT2D eigenvalue weighted by atomic mass is 16.5. The van der Waals surface area contributed by atoms with Crippen LogP contribution in [0.25, 0.3) is 11.0 Å². The number of benzene rings is 3. The van der Waals surface area contributed by atoms with E-state index in [0.717, 1.165) is 76.4 Å². The zero-order valence-electron chi connectivity index (χ0n) is 20.0. The van der Waals surface area contributed by atoms with E-state index in [1.54, 1.807) is 0 Å². The van der Waals surface area contributed by atoms with E-state index in [0.29, 0.717) is 19.4 Å². The van der Waals surface area contributed by atoms with Gasteiger partial charge in [-0.05, 0) is 84.8 Å². The second-order valence-corrected chi connectivity index (χ2v) is 9.07. The van der Waals surface area contributed by atoms with Crippen molar-refractivity contribution in [1.29, 1.82) is 0 Å². The number of para-hydroxylation sites is 1. The van der Waals surface area contributed by atoms with Crippen LogP contribution in [0.4, 0.5) is 0 Å². The number of carbonyl (C=O) groups is 1. The average molecular weight is 471 g/mol. The fourth-order valence-corrected chi connectivity index (χ4v) is 4.97. The summed E-state index contributed by atoms with van der Waals surface area (Å²) in [6, 6.07) is 21.6. The van der Waals surface area contributed by atoms with Gasteiger partial charge in [-0.25, -0.2) is 0 Å². The van der Waals surface area contributed by atoms with Crippen molar-refractivity contribution in [2.45, 2.75) is 51.4 Å². The Bertz CT molecular complexity index is 1320. The highest BCUT2D eigenvalue weighted by Crippen LogP contribution is 2.37. The highest BCUT2D eigenvalue weighted by molar-refractivity contribution is 5.87. The Labute approximate surface area is 205 Å². The third-order valence-electron chi connectivity index (χ3n) is 6.63. The Hall–Kier alpha value is -3.73. The summed E-state index contributed by atoms with van der Waals surface area (Å²) in [6.45, 7) is 2.65. The summed E-state index contributed by atoms with van der Waals surface area (Å²) in [4.78, 5) is 11.7. The van der Waals surface area contributed by atoms with E-state index in [1.807, 2.05) is 54.6 Å². The lowest BCUT2D eigenvalue weighted by atomic mass is 9.81. The first kappa shape index (κ1) is 23.0. The molecule has 1 aliphatic carbocycles. The molecule has 0 saturated carbocycles. The van der Waals surface area contributed by atoms with Crippen LogP contribution in [0.15, 0.2) is 71.1 Å². The molecule has 0 saturated heterocycles. The lowest BCUT2D eigenvalue weighted by Crippen LogP contribution is -2.17. The molecule has 1 atom stereocenters. The predicted octanol–water partition coefficient (Wildman–Crippen LogP) is 7.30. The van der Waals surface area contributed by atoms with Gasteiger partial charge in [0, 0.05) is 11.8 Å². The molecule has 1 unspecified atom stereocenters. The van der Waals surface area contributed by atoms with Crippen LogP contribution in [0.1, 0.15) is 54.6 Å². The van der Waals surface area contributed by atoms with Gasteiger partial charge in [-0.1, -0.05) is 37.6 Å². The Balaban J connectivity index is 1.28. The molecule has 5 rings (SSSR count). The largest absolute Gasteiger partial charge is 0.493 e. The van der Waals surface area contributed by atoms with Crippen LogP contribution < -0.4 is 9.47 Å². The monoisotopic (exact) mass is 470 g/mol. The maximum absolute atomic E-state index is 11.7. The molecule has 0 aliphatic heterocycles. The van der Waals surface area contributed by atoms with Crippen molar-refractivity contribution < 1.29 is 23.8 Å². The number of aryl methyl sites for hydroxylation is 2. The summed E-state index contributed by atoms with van der Waals surface area (Å²) < 4.78 is 18.2. The van der Waals surface area contributed by atoms with Gasteiger partial charge in [0.25, 0.3) is 0 Å². The standard InChI is InChI=1S/C30H30O5/c1-2-7-20-18-22(34-21-8-4-3-5-9-21)12-14-28(20)33-17-16-23-19-27-24-10-6-11-26(30(31)32)25(24)13-15-29(27)35-23/h3-5,8-9,12-15,18-19,26H,2,6-7,10-11,16-17H2,1H3,(H,31,32). The molecule has 0 amide bonds. The van der Waals surface area contributed by atoms with Crippen molar-refractivity contribution in [3.05, 3.63) is 89.2 Å². The number of hydrogen-bond donors (Lipinski definition) is 1. The Morgan fingerprint density at radius 2 is 1.89 bits per heavy atom. The van der Waals surface area contributed by atoms with E-state index in [9.17, 15) is 9.90 Å². The van der Waals surface area contributed by atoms with Crippen molar-refractivity contribution in [2.24, 2.45) is 0 Å². The summed E-state index contributed by atoms with van der Waals surface area (Å²) in [5.74, 6) is 2.16. The lowest BCUT2D eigenvalue weighted by molar-refractivity contribution is -0.139. The Morgan fingerprint density at radius 3 is 2.69 bits per heavy atom. The molecule has 5 nitrogen and oxygen atoms in total. The normalized spacial score (nSPS) is 15.1. The molecule has 0 bridgehead atoms. The van der Waals surface area contributed by atoms with Crippen LogP contribution in [0.5, 0.6) is 17.2 Å². The minimum absolute atomic E-state index is 0.421. The molecule has 1 aliphatic rings. The molecule has 180 valence electrons. The summed E-state index contributed by atoms with van der Waals surface area (Å²) in [7, 11) is 0. The second-order valence-electron chi connectivity index (χ2n) is 9.07. The summed E-state index contributed by atoms with van der Waals surface area (Å²) >= 11 is 0. The molecule has 1 aromatic heterocycles. The molecule has 3 aromatic carbocycles. The van der Waals surface area contributed by atoms with Gasteiger partial charge >= 0.3 is 5.97 Å². The zero-order valence-corrected chi connectivity index (χ0v) is 20.0. The van der Waals surface area contributed by atoms with Crippen LogP contribution in [-0.4, -0.2) is 17.7 Å². The van der Waals surface area contributed by atoms with Crippen molar-refractivity contribution in [3.8, 4) is 17.2 Å². The molecular weight excluding hydrogens is 440 g/mol. The van der Waals surface area contributed by atoms with Crippen LogP contribution >= 0.6 is 0 Å². The maximum Gasteiger partial charge on any atom is 0.310 e. The molecule has 1 N–H and O–H groups in total. The van der Waals surface area contributed by atoms with Crippen molar-refractivity contribution >= 4 is 16.9 Å². The lowest BCUT2D eigenvalue weighted by Gasteiger charge is -2.22. The van der Waals surface area contributed by atoms with Gasteiger partial charge in [-0.2, -0.15) is 0 Å². The third-order valence-corrected chi connectivity index (χ3v) is 6.63. The Morgan fingerprint density at radius 1 is 1.03 bits per heavy atom. The van der Waals surface area contributed by atoms with Gasteiger partial charge in [-0.3, -0.25) is 4.79 Å². The number of fused-ring (bicyclic) bond motifs is 3. The topological polar surface area (TPSA) is 68.9 Å². The summed E-state index contributed by atoms with van der Waals surface area (Å²) in [5.41, 5.74) is 4.00.